The van der Waals surface area contributed by atoms with Crippen LogP contribution in [-0.2, 0) is 9.84 Å². The molecule has 6 heteroatoms. The lowest BCUT2D eigenvalue weighted by Gasteiger charge is -2.14. The second kappa shape index (κ2) is 7.55. The summed E-state index contributed by atoms with van der Waals surface area (Å²) in [5.41, 5.74) is 0.470. The Kier molecular flexibility index (Phi) is 5.74. The zero-order chi connectivity index (χ0) is 15.1. The molecule has 0 atom stereocenters. The molecule has 1 aliphatic rings. The summed E-state index contributed by atoms with van der Waals surface area (Å²) in [4.78, 5) is 2.67. The van der Waals surface area contributed by atoms with Crippen LogP contribution in [0.15, 0.2) is 29.2 Å². The van der Waals surface area contributed by atoms with E-state index in [0.717, 1.165) is 26.2 Å². The van der Waals surface area contributed by atoms with Gasteiger partial charge >= 0.3 is 0 Å². The van der Waals surface area contributed by atoms with E-state index in [1.807, 2.05) is 6.07 Å². The first-order valence-electron chi connectivity index (χ1n) is 7.28. The second-order valence-corrected chi connectivity index (χ2v) is 7.36. The van der Waals surface area contributed by atoms with Crippen LogP contribution in [0.3, 0.4) is 0 Å². The lowest BCUT2D eigenvalue weighted by atomic mass is 10.2. The Labute approximate surface area is 126 Å². The van der Waals surface area contributed by atoms with Crippen LogP contribution >= 0.6 is 0 Å². The minimum atomic E-state index is -3.27. The first kappa shape index (κ1) is 16.0. The number of likely N-dealkylation sites (tertiary alicyclic amines) is 1. The van der Waals surface area contributed by atoms with Crippen molar-refractivity contribution in [2.75, 3.05) is 38.5 Å². The monoisotopic (exact) mass is 307 g/mol. The SMILES string of the molecule is N#Cc1ccc(S(=O)(=O)CCNCCN2CCCC2)cc1. The van der Waals surface area contributed by atoms with Gasteiger partial charge in [-0.25, -0.2) is 8.42 Å². The maximum absolute atomic E-state index is 12.1. The summed E-state index contributed by atoms with van der Waals surface area (Å²) in [5, 5.41) is 11.9. The van der Waals surface area contributed by atoms with Crippen molar-refractivity contribution < 1.29 is 8.42 Å². The number of rotatable bonds is 7. The molecule has 0 amide bonds. The fourth-order valence-corrected chi connectivity index (χ4v) is 3.63. The summed E-state index contributed by atoms with van der Waals surface area (Å²) in [7, 11) is -3.27. The number of nitrogens with zero attached hydrogens (tertiary/aromatic N) is 2. The van der Waals surface area contributed by atoms with Crippen LogP contribution in [0.1, 0.15) is 18.4 Å². The van der Waals surface area contributed by atoms with Crippen LogP contribution in [0.25, 0.3) is 0 Å². The fraction of sp³-hybridized carbons (Fsp3) is 0.533. The van der Waals surface area contributed by atoms with E-state index < -0.39 is 9.84 Å². The van der Waals surface area contributed by atoms with Gasteiger partial charge in [0, 0.05) is 19.6 Å². The lowest BCUT2D eigenvalue weighted by Crippen LogP contribution is -2.32. The molecule has 0 unspecified atom stereocenters. The topological polar surface area (TPSA) is 73.2 Å². The molecule has 0 spiro atoms. The van der Waals surface area contributed by atoms with E-state index in [1.54, 1.807) is 0 Å². The van der Waals surface area contributed by atoms with E-state index in [4.69, 9.17) is 5.26 Å². The van der Waals surface area contributed by atoms with Crippen molar-refractivity contribution in [1.29, 1.82) is 5.26 Å². The number of nitrogens with one attached hydrogen (secondary N) is 1. The van der Waals surface area contributed by atoms with E-state index in [9.17, 15) is 8.42 Å². The largest absolute Gasteiger partial charge is 0.314 e. The molecular weight excluding hydrogens is 286 g/mol. The maximum Gasteiger partial charge on any atom is 0.179 e. The summed E-state index contributed by atoms with van der Waals surface area (Å²) in [5.74, 6) is 0.0822. The Hall–Kier alpha value is -1.42. The summed E-state index contributed by atoms with van der Waals surface area (Å²) in [6.07, 6.45) is 2.54. The van der Waals surface area contributed by atoms with Crippen molar-refractivity contribution in [2.24, 2.45) is 0 Å². The number of nitriles is 1. The quantitative estimate of drug-likeness (QED) is 0.761. The van der Waals surface area contributed by atoms with Gasteiger partial charge in [-0.2, -0.15) is 5.26 Å². The molecule has 1 aromatic rings. The molecule has 0 aromatic heterocycles. The molecule has 0 saturated carbocycles. The average Bonchev–Trinajstić information content (AvgIpc) is 3.00. The third-order valence-corrected chi connectivity index (χ3v) is 5.43. The van der Waals surface area contributed by atoms with Crippen molar-refractivity contribution in [3.05, 3.63) is 29.8 Å². The number of benzene rings is 1. The Morgan fingerprint density at radius 2 is 1.81 bits per heavy atom. The summed E-state index contributed by atoms with van der Waals surface area (Å²) >= 11 is 0. The van der Waals surface area contributed by atoms with Gasteiger partial charge in [0.25, 0.3) is 0 Å². The van der Waals surface area contributed by atoms with Crippen LogP contribution in [0.2, 0.25) is 0 Å². The van der Waals surface area contributed by atoms with Gasteiger partial charge < -0.3 is 10.2 Å². The maximum atomic E-state index is 12.1. The minimum Gasteiger partial charge on any atom is -0.314 e. The van der Waals surface area contributed by atoms with E-state index in [-0.39, 0.29) is 10.6 Å². The minimum absolute atomic E-state index is 0.0822. The molecular formula is C15H21N3O2S. The van der Waals surface area contributed by atoms with E-state index >= 15 is 0 Å². The molecule has 1 heterocycles. The van der Waals surface area contributed by atoms with Gasteiger partial charge in [-0.1, -0.05) is 0 Å². The van der Waals surface area contributed by atoms with Crippen LogP contribution in [0.5, 0.6) is 0 Å². The summed E-state index contributed by atoms with van der Waals surface area (Å²) < 4.78 is 24.2. The second-order valence-electron chi connectivity index (χ2n) is 5.25. The molecule has 1 aromatic carbocycles. The number of hydrogen-bond donors (Lipinski definition) is 1. The van der Waals surface area contributed by atoms with Gasteiger partial charge in [0.1, 0.15) is 0 Å². The predicted molar refractivity (Wildman–Crippen MR) is 81.8 cm³/mol. The van der Waals surface area contributed by atoms with E-state index in [1.165, 1.54) is 37.1 Å². The Morgan fingerprint density at radius 3 is 2.43 bits per heavy atom. The molecule has 1 aliphatic heterocycles. The smallest absolute Gasteiger partial charge is 0.179 e. The van der Waals surface area contributed by atoms with Crippen molar-refractivity contribution in [3.63, 3.8) is 0 Å². The van der Waals surface area contributed by atoms with Crippen LogP contribution in [0, 0.1) is 11.3 Å². The van der Waals surface area contributed by atoms with E-state index in [0.29, 0.717) is 12.1 Å². The molecule has 2 rings (SSSR count). The molecule has 1 saturated heterocycles. The predicted octanol–water partition coefficient (Wildman–Crippen LogP) is 1.02. The average molecular weight is 307 g/mol. The standard InChI is InChI=1S/C15H21N3O2S/c16-13-14-3-5-15(6-4-14)21(19,20)12-8-17-7-11-18-9-1-2-10-18/h3-6,17H,1-2,7-12H2. The van der Waals surface area contributed by atoms with Crippen molar-refractivity contribution in [1.82, 2.24) is 10.2 Å². The third-order valence-electron chi connectivity index (χ3n) is 3.69. The first-order chi connectivity index (χ1) is 10.1. The molecule has 5 nitrogen and oxygen atoms in total. The highest BCUT2D eigenvalue weighted by Gasteiger charge is 2.14. The van der Waals surface area contributed by atoms with Gasteiger partial charge in [0.05, 0.1) is 22.3 Å². The molecule has 114 valence electrons. The summed E-state index contributed by atoms with van der Waals surface area (Å²) in [6.45, 7) is 4.58. The Balaban J connectivity index is 1.74. The number of hydrogen-bond acceptors (Lipinski definition) is 5. The van der Waals surface area contributed by atoms with Gasteiger partial charge in [-0.05, 0) is 50.2 Å². The van der Waals surface area contributed by atoms with Crippen LogP contribution in [-0.4, -0.2) is 51.8 Å². The first-order valence-corrected chi connectivity index (χ1v) is 8.93. The molecule has 0 radical (unpaired) electrons. The number of sulfone groups is 1. The Morgan fingerprint density at radius 1 is 1.14 bits per heavy atom. The van der Waals surface area contributed by atoms with Crippen LogP contribution in [0.4, 0.5) is 0 Å². The third kappa shape index (κ3) is 4.81. The van der Waals surface area contributed by atoms with Crippen LogP contribution < -0.4 is 5.32 Å². The molecule has 0 bridgehead atoms. The highest BCUT2D eigenvalue weighted by Crippen LogP contribution is 2.11. The molecule has 1 fully saturated rings. The zero-order valence-corrected chi connectivity index (χ0v) is 12.9. The van der Waals surface area contributed by atoms with Crippen molar-refractivity contribution >= 4 is 9.84 Å². The van der Waals surface area contributed by atoms with Gasteiger partial charge in [0.2, 0.25) is 0 Å². The van der Waals surface area contributed by atoms with Gasteiger partial charge in [0.15, 0.2) is 9.84 Å². The highest BCUT2D eigenvalue weighted by atomic mass is 32.2. The van der Waals surface area contributed by atoms with Gasteiger partial charge in [-0.15, -0.1) is 0 Å². The normalized spacial score (nSPS) is 16.0. The molecule has 0 aliphatic carbocycles. The molecule has 1 N–H and O–H groups in total. The Bertz CT molecular complexity index is 584. The van der Waals surface area contributed by atoms with Gasteiger partial charge in [-0.3, -0.25) is 0 Å². The van der Waals surface area contributed by atoms with Crippen molar-refractivity contribution in [2.45, 2.75) is 17.7 Å². The van der Waals surface area contributed by atoms with Crippen molar-refractivity contribution in [3.8, 4) is 6.07 Å². The highest BCUT2D eigenvalue weighted by molar-refractivity contribution is 7.91. The van der Waals surface area contributed by atoms with E-state index in [2.05, 4.69) is 10.2 Å². The lowest BCUT2D eigenvalue weighted by molar-refractivity contribution is 0.337. The summed E-state index contributed by atoms with van der Waals surface area (Å²) in [6, 6.07) is 8.05. The zero-order valence-electron chi connectivity index (χ0n) is 12.1. The molecule has 21 heavy (non-hydrogen) atoms. The fourth-order valence-electron chi connectivity index (χ4n) is 2.43.